The number of halogens is 5. The van der Waals surface area contributed by atoms with Gasteiger partial charge >= 0.3 is 6.61 Å². The van der Waals surface area contributed by atoms with Gasteiger partial charge in [0.25, 0.3) is 18.3 Å². The minimum atomic E-state index is -3.33. The van der Waals surface area contributed by atoms with E-state index in [4.69, 9.17) is 21.5 Å². The Morgan fingerprint density at radius 3 is 2.43 bits per heavy atom. The SMILES string of the molecule is Cn1c(-c2ccc(OC(F)F)c(F)c2F)cnc1C(=O)Nc1ccc(C(=O)N2CCN(C(=O)C[C@@H]3CCCN3)CC2)c(Cl)c1.O=CO. The third-order valence-corrected chi connectivity index (χ3v) is 8.00. The van der Waals surface area contributed by atoms with Gasteiger partial charge in [0.05, 0.1) is 22.5 Å². The normalized spacial score (nSPS) is 16.0. The van der Waals surface area contributed by atoms with Crippen molar-refractivity contribution in [1.82, 2.24) is 24.7 Å². The Bertz CT molecular complexity index is 1630. The lowest BCUT2D eigenvalue weighted by atomic mass is 10.1. The number of nitrogens with one attached hydrogen (secondary N) is 2. The number of carboxylic acid groups (broad SMARTS) is 1. The fourth-order valence-electron chi connectivity index (χ4n) is 5.34. The van der Waals surface area contributed by atoms with Crippen LogP contribution in [0.25, 0.3) is 11.3 Å². The van der Waals surface area contributed by atoms with Crippen LogP contribution < -0.4 is 15.4 Å². The van der Waals surface area contributed by atoms with E-state index < -0.39 is 29.9 Å². The van der Waals surface area contributed by atoms with Crippen LogP contribution in [0.15, 0.2) is 36.5 Å². The molecule has 2 aliphatic rings. The molecule has 3 amide bonds. The molecule has 0 radical (unpaired) electrons. The molecule has 47 heavy (non-hydrogen) atoms. The zero-order valence-electron chi connectivity index (χ0n) is 25.0. The van der Waals surface area contributed by atoms with Gasteiger partial charge in [-0.3, -0.25) is 19.2 Å². The third-order valence-electron chi connectivity index (χ3n) is 7.69. The number of rotatable bonds is 8. The van der Waals surface area contributed by atoms with Gasteiger partial charge in [-0.25, -0.2) is 9.37 Å². The highest BCUT2D eigenvalue weighted by Crippen LogP contribution is 2.31. The van der Waals surface area contributed by atoms with Crippen molar-refractivity contribution in [2.75, 3.05) is 38.0 Å². The van der Waals surface area contributed by atoms with Gasteiger partial charge in [0, 0.05) is 56.9 Å². The Hall–Kier alpha value is -4.70. The van der Waals surface area contributed by atoms with Crippen molar-refractivity contribution in [1.29, 1.82) is 0 Å². The topological polar surface area (TPSA) is 146 Å². The van der Waals surface area contributed by atoms with Crippen molar-refractivity contribution in [2.24, 2.45) is 7.05 Å². The number of piperazine rings is 1. The van der Waals surface area contributed by atoms with E-state index in [0.29, 0.717) is 32.6 Å². The molecule has 5 rings (SSSR count). The van der Waals surface area contributed by atoms with Gasteiger partial charge in [-0.15, -0.1) is 0 Å². The Balaban J connectivity index is 0.00000160. The largest absolute Gasteiger partial charge is 0.483 e. The quantitative estimate of drug-likeness (QED) is 0.239. The molecule has 1 aromatic heterocycles. The number of hydrogen-bond acceptors (Lipinski definition) is 7. The van der Waals surface area contributed by atoms with E-state index in [1.165, 1.54) is 29.8 Å². The van der Waals surface area contributed by atoms with Gasteiger partial charge in [0.1, 0.15) is 0 Å². The molecule has 0 spiro atoms. The van der Waals surface area contributed by atoms with Gasteiger partial charge in [-0.05, 0) is 49.7 Å². The fourth-order valence-corrected chi connectivity index (χ4v) is 5.60. The summed E-state index contributed by atoms with van der Waals surface area (Å²) >= 11 is 6.41. The zero-order valence-corrected chi connectivity index (χ0v) is 25.8. The number of aromatic nitrogens is 2. The van der Waals surface area contributed by atoms with E-state index in [9.17, 15) is 31.9 Å². The van der Waals surface area contributed by atoms with E-state index in [0.717, 1.165) is 37.7 Å². The predicted octanol–water partition coefficient (Wildman–Crippen LogP) is 4.00. The molecule has 17 heteroatoms. The highest BCUT2D eigenvalue weighted by Gasteiger charge is 2.28. The number of amides is 3. The van der Waals surface area contributed by atoms with E-state index in [1.54, 1.807) is 9.80 Å². The second-order valence-electron chi connectivity index (χ2n) is 10.6. The molecule has 3 N–H and O–H groups in total. The van der Waals surface area contributed by atoms with Crippen molar-refractivity contribution in [3.05, 3.63) is 64.6 Å². The summed E-state index contributed by atoms with van der Waals surface area (Å²) in [6.07, 6.45) is 3.64. The first-order chi connectivity index (χ1) is 22.4. The van der Waals surface area contributed by atoms with Gasteiger partial charge < -0.3 is 34.8 Å². The van der Waals surface area contributed by atoms with Crippen LogP contribution in [0.5, 0.6) is 5.75 Å². The summed E-state index contributed by atoms with van der Waals surface area (Å²) in [6.45, 7) is -1.06. The molecule has 252 valence electrons. The molecule has 3 heterocycles. The minimum Gasteiger partial charge on any atom is -0.483 e. The Kier molecular flexibility index (Phi) is 11.8. The number of hydrogen-bond donors (Lipinski definition) is 3. The lowest BCUT2D eigenvalue weighted by Crippen LogP contribution is -2.51. The number of benzene rings is 2. The summed E-state index contributed by atoms with van der Waals surface area (Å²) < 4.78 is 59.0. The molecule has 1 atom stereocenters. The number of ether oxygens (including phenoxy) is 1. The number of anilines is 1. The summed E-state index contributed by atoms with van der Waals surface area (Å²) in [6, 6.07) is 6.48. The molecule has 2 aromatic carbocycles. The van der Waals surface area contributed by atoms with Gasteiger partial charge in [0.2, 0.25) is 11.7 Å². The molecular formula is C30H31ClF4N6O6. The molecule has 2 fully saturated rings. The van der Waals surface area contributed by atoms with Crippen molar-refractivity contribution >= 4 is 41.5 Å². The summed E-state index contributed by atoms with van der Waals surface area (Å²) in [5.74, 6) is -5.11. The number of imidazole rings is 1. The molecule has 0 saturated carbocycles. The molecule has 0 unspecified atom stereocenters. The number of carbonyl (C=O) groups is 4. The third kappa shape index (κ3) is 8.37. The molecule has 2 aliphatic heterocycles. The first-order valence-corrected chi connectivity index (χ1v) is 14.8. The molecule has 2 saturated heterocycles. The van der Waals surface area contributed by atoms with Crippen LogP contribution in [-0.4, -0.2) is 94.0 Å². The highest BCUT2D eigenvalue weighted by atomic mass is 35.5. The second kappa shape index (κ2) is 15.7. The van der Waals surface area contributed by atoms with Crippen molar-refractivity contribution < 1.29 is 46.6 Å². The number of alkyl halides is 2. The van der Waals surface area contributed by atoms with Gasteiger partial charge in [0.15, 0.2) is 17.4 Å². The maximum absolute atomic E-state index is 14.6. The van der Waals surface area contributed by atoms with Crippen LogP contribution in [0.3, 0.4) is 0 Å². The predicted molar refractivity (Wildman–Crippen MR) is 161 cm³/mol. The van der Waals surface area contributed by atoms with E-state index in [-0.39, 0.29) is 57.7 Å². The Morgan fingerprint density at radius 1 is 1.13 bits per heavy atom. The highest BCUT2D eigenvalue weighted by molar-refractivity contribution is 6.34. The zero-order chi connectivity index (χ0) is 34.2. The van der Waals surface area contributed by atoms with Crippen LogP contribution >= 0.6 is 11.6 Å². The van der Waals surface area contributed by atoms with Crippen LogP contribution in [0.4, 0.5) is 23.2 Å². The average molecular weight is 683 g/mol. The Morgan fingerprint density at radius 2 is 1.81 bits per heavy atom. The lowest BCUT2D eigenvalue weighted by molar-refractivity contribution is -0.133. The minimum absolute atomic E-state index is 0.00567. The smallest absolute Gasteiger partial charge is 0.387 e. The second-order valence-corrected chi connectivity index (χ2v) is 11.0. The van der Waals surface area contributed by atoms with E-state index >= 15 is 0 Å². The molecule has 0 aliphatic carbocycles. The van der Waals surface area contributed by atoms with Crippen LogP contribution in [-0.2, 0) is 16.6 Å². The van der Waals surface area contributed by atoms with Crippen molar-refractivity contribution in [2.45, 2.75) is 31.9 Å². The van der Waals surface area contributed by atoms with Gasteiger partial charge in [-0.1, -0.05) is 11.6 Å². The maximum Gasteiger partial charge on any atom is 0.387 e. The van der Waals surface area contributed by atoms with Gasteiger partial charge in [-0.2, -0.15) is 13.2 Å². The monoisotopic (exact) mass is 682 g/mol. The summed E-state index contributed by atoms with van der Waals surface area (Å²) in [5, 5.41) is 12.9. The molecular weight excluding hydrogens is 652 g/mol. The first-order valence-electron chi connectivity index (χ1n) is 14.4. The van der Waals surface area contributed by atoms with E-state index in [1.807, 2.05) is 0 Å². The lowest BCUT2D eigenvalue weighted by Gasteiger charge is -2.35. The first kappa shape index (κ1) is 35.2. The van der Waals surface area contributed by atoms with Crippen LogP contribution in [0.2, 0.25) is 5.02 Å². The summed E-state index contributed by atoms with van der Waals surface area (Å²) in [5.41, 5.74) is 0.171. The average Bonchev–Trinajstić information content (AvgIpc) is 3.69. The number of carbonyl (C=O) groups excluding carboxylic acids is 3. The fraction of sp³-hybridized carbons (Fsp3) is 0.367. The molecule has 0 bridgehead atoms. The number of nitrogens with zero attached hydrogens (tertiary/aromatic N) is 4. The van der Waals surface area contributed by atoms with Crippen molar-refractivity contribution in [3.63, 3.8) is 0 Å². The summed E-state index contributed by atoms with van der Waals surface area (Å²) in [7, 11) is 1.39. The standard InChI is InChI=1S/C29H29ClF4N6O4.CH2O2/c1-38-21(19-6-7-22(44-29(33)34)25(32)24(19)31)15-36-26(38)27(42)37-17-4-5-18(20(30)13-17)28(43)40-11-9-39(10-12-40)23(41)14-16-3-2-8-35-16;2-1-3/h4-7,13,15-16,29,35H,2-3,8-12,14H2,1H3,(H,37,42);1H,(H,2,3)/t16-;/m0./s1. The van der Waals surface area contributed by atoms with E-state index in [2.05, 4.69) is 20.4 Å². The molecule has 12 nitrogen and oxygen atoms in total. The Labute approximate surface area is 271 Å². The van der Waals surface area contributed by atoms with Crippen LogP contribution in [0.1, 0.15) is 40.2 Å². The maximum atomic E-state index is 14.6. The summed E-state index contributed by atoms with van der Waals surface area (Å²) in [4.78, 5) is 54.5. The molecule has 3 aromatic rings. The van der Waals surface area contributed by atoms with Crippen LogP contribution in [0, 0.1) is 11.6 Å². The van der Waals surface area contributed by atoms with Crippen molar-refractivity contribution in [3.8, 4) is 17.0 Å².